The van der Waals surface area contributed by atoms with E-state index in [0.29, 0.717) is 19.3 Å². The predicted octanol–water partition coefficient (Wildman–Crippen LogP) is 19.1. The van der Waals surface area contributed by atoms with E-state index in [1.165, 1.54) is 205 Å². The van der Waals surface area contributed by atoms with Crippen molar-refractivity contribution in [2.45, 2.75) is 322 Å². The predicted molar refractivity (Wildman–Crippen MR) is 279 cm³/mol. The fraction of sp³-hybridized carbons (Fsp3) is 0.881. The summed E-state index contributed by atoms with van der Waals surface area (Å²) >= 11 is 0. The normalized spacial score (nSPS) is 12.1. The van der Waals surface area contributed by atoms with Gasteiger partial charge in [0.1, 0.15) is 13.2 Å². The van der Waals surface area contributed by atoms with Crippen molar-refractivity contribution in [2.75, 3.05) is 13.2 Å². The average Bonchev–Trinajstić information content (AvgIpc) is 3.30. The van der Waals surface area contributed by atoms with E-state index in [1.807, 2.05) is 0 Å². The third-order valence-electron chi connectivity index (χ3n) is 12.9. The van der Waals surface area contributed by atoms with Crippen LogP contribution in [0.15, 0.2) is 24.3 Å². The molecule has 0 aromatic rings. The monoisotopic (exact) mass is 915 g/mol. The second kappa shape index (κ2) is 54.5. The molecule has 6 heteroatoms. The van der Waals surface area contributed by atoms with Crippen LogP contribution in [0.25, 0.3) is 0 Å². The smallest absolute Gasteiger partial charge is 0.306 e. The second-order valence-corrected chi connectivity index (χ2v) is 19.6. The molecule has 0 aliphatic carbocycles. The first-order valence-corrected chi connectivity index (χ1v) is 28.8. The van der Waals surface area contributed by atoms with E-state index in [-0.39, 0.29) is 31.1 Å². The van der Waals surface area contributed by atoms with E-state index in [9.17, 15) is 14.4 Å². The number of ether oxygens (including phenoxy) is 3. The zero-order valence-electron chi connectivity index (χ0n) is 43.8. The molecule has 0 amide bonds. The number of allylic oxidation sites excluding steroid dienone is 4. The summed E-state index contributed by atoms with van der Waals surface area (Å²) in [4.78, 5) is 38.1. The maximum Gasteiger partial charge on any atom is 0.306 e. The fourth-order valence-corrected chi connectivity index (χ4v) is 8.54. The summed E-state index contributed by atoms with van der Waals surface area (Å²) in [6.07, 6.45) is 63.1. The van der Waals surface area contributed by atoms with Crippen LogP contribution in [0.2, 0.25) is 0 Å². The van der Waals surface area contributed by atoms with Crippen molar-refractivity contribution in [3.63, 3.8) is 0 Å². The molecule has 0 N–H and O–H groups in total. The first-order chi connectivity index (χ1) is 32.0. The van der Waals surface area contributed by atoms with Crippen molar-refractivity contribution in [3.8, 4) is 0 Å². The molecule has 1 unspecified atom stereocenters. The van der Waals surface area contributed by atoms with Gasteiger partial charge < -0.3 is 14.2 Å². The summed E-state index contributed by atoms with van der Waals surface area (Å²) < 4.78 is 16.8. The summed E-state index contributed by atoms with van der Waals surface area (Å²) in [5, 5.41) is 0. The molecule has 1 atom stereocenters. The Balaban J connectivity index is 4.30. The molecule has 0 saturated heterocycles. The van der Waals surface area contributed by atoms with Gasteiger partial charge in [-0.3, -0.25) is 14.4 Å². The average molecular weight is 916 g/mol. The highest BCUT2D eigenvalue weighted by molar-refractivity contribution is 5.71. The van der Waals surface area contributed by atoms with Gasteiger partial charge in [-0.25, -0.2) is 0 Å². The Kier molecular flexibility index (Phi) is 52.7. The zero-order chi connectivity index (χ0) is 47.2. The molecule has 0 rings (SSSR count). The molecule has 0 aromatic heterocycles. The summed E-state index contributed by atoms with van der Waals surface area (Å²) in [5.74, 6) is -0.872. The molecule has 6 nitrogen and oxygen atoms in total. The van der Waals surface area contributed by atoms with Gasteiger partial charge in [-0.2, -0.15) is 0 Å². The molecule has 0 heterocycles. The van der Waals surface area contributed by atoms with E-state index in [2.05, 4.69) is 45.1 Å². The van der Waals surface area contributed by atoms with E-state index >= 15 is 0 Å². The van der Waals surface area contributed by atoms with Crippen LogP contribution >= 0.6 is 0 Å². The van der Waals surface area contributed by atoms with Crippen molar-refractivity contribution < 1.29 is 28.6 Å². The molecular weight excluding hydrogens is 805 g/mol. The Hall–Kier alpha value is -2.11. The Morgan fingerprint density at radius 2 is 0.523 bits per heavy atom. The molecule has 0 spiro atoms. The van der Waals surface area contributed by atoms with Gasteiger partial charge in [-0.05, 0) is 64.2 Å². The first-order valence-electron chi connectivity index (χ1n) is 28.8. The van der Waals surface area contributed by atoms with Crippen LogP contribution in [0.1, 0.15) is 316 Å². The third-order valence-corrected chi connectivity index (χ3v) is 12.9. The number of rotatable bonds is 53. The van der Waals surface area contributed by atoms with Crippen molar-refractivity contribution >= 4 is 17.9 Å². The Morgan fingerprint density at radius 1 is 0.292 bits per heavy atom. The van der Waals surface area contributed by atoms with Gasteiger partial charge in [-0.1, -0.05) is 257 Å². The Morgan fingerprint density at radius 3 is 0.815 bits per heavy atom. The van der Waals surface area contributed by atoms with E-state index in [1.54, 1.807) is 0 Å². The SMILES string of the molecule is CCCC/C=C\CCCCCCCC(=O)OCC(COC(=O)CCCCCCC/C=C\CCCCCCCCCCC)OC(=O)CCCCCCCCCCCCCCCCCCCC. The molecule has 0 saturated carbocycles. The minimum absolute atomic E-state index is 0.0742. The van der Waals surface area contributed by atoms with Gasteiger partial charge in [0.25, 0.3) is 0 Å². The van der Waals surface area contributed by atoms with Gasteiger partial charge in [0.15, 0.2) is 6.10 Å². The largest absolute Gasteiger partial charge is 0.462 e. The van der Waals surface area contributed by atoms with Crippen molar-refractivity contribution in [1.82, 2.24) is 0 Å². The maximum absolute atomic E-state index is 12.8. The molecule has 0 aromatic carbocycles. The number of carbonyl (C=O) groups excluding carboxylic acids is 3. The lowest BCUT2D eigenvalue weighted by Gasteiger charge is -2.18. The fourth-order valence-electron chi connectivity index (χ4n) is 8.54. The quantitative estimate of drug-likeness (QED) is 0.0262. The topological polar surface area (TPSA) is 78.9 Å². The Labute approximate surface area is 404 Å². The standard InChI is InChI=1S/C59H110O6/c1-4-7-10-13-16-19-22-24-26-28-30-32-34-37-40-43-46-49-52-58(61)64-55-56(54-63-57(60)51-48-45-42-39-36-21-18-15-12-9-6-3)65-59(62)53-50-47-44-41-38-35-33-31-29-27-25-23-20-17-14-11-8-5-2/h15,18,30,32,56H,4-14,16-17,19-29,31,33-55H2,1-3H3/b18-15-,32-30-. The molecule has 0 radical (unpaired) electrons. The summed E-state index contributed by atoms with van der Waals surface area (Å²) in [5.41, 5.74) is 0. The summed E-state index contributed by atoms with van der Waals surface area (Å²) in [7, 11) is 0. The number of esters is 3. The number of hydrogen-bond acceptors (Lipinski definition) is 6. The van der Waals surface area contributed by atoms with Crippen LogP contribution in [-0.4, -0.2) is 37.2 Å². The second-order valence-electron chi connectivity index (χ2n) is 19.6. The molecular formula is C59H110O6. The maximum atomic E-state index is 12.8. The van der Waals surface area contributed by atoms with Gasteiger partial charge in [-0.15, -0.1) is 0 Å². The molecule has 0 fully saturated rings. The molecule has 0 bridgehead atoms. The van der Waals surface area contributed by atoms with Crippen LogP contribution in [0, 0.1) is 0 Å². The van der Waals surface area contributed by atoms with Gasteiger partial charge in [0.2, 0.25) is 0 Å². The minimum atomic E-state index is -0.773. The number of hydrogen-bond donors (Lipinski definition) is 0. The van der Waals surface area contributed by atoms with Crippen LogP contribution in [0.4, 0.5) is 0 Å². The van der Waals surface area contributed by atoms with Crippen molar-refractivity contribution in [1.29, 1.82) is 0 Å². The molecule has 65 heavy (non-hydrogen) atoms. The van der Waals surface area contributed by atoms with E-state index < -0.39 is 6.10 Å². The first kappa shape index (κ1) is 62.9. The van der Waals surface area contributed by atoms with E-state index in [4.69, 9.17) is 14.2 Å². The lowest BCUT2D eigenvalue weighted by atomic mass is 10.0. The van der Waals surface area contributed by atoms with Crippen LogP contribution in [0.3, 0.4) is 0 Å². The highest BCUT2D eigenvalue weighted by Gasteiger charge is 2.19. The van der Waals surface area contributed by atoms with Crippen molar-refractivity contribution in [2.24, 2.45) is 0 Å². The Bertz CT molecular complexity index is 1050. The lowest BCUT2D eigenvalue weighted by molar-refractivity contribution is -0.167. The number of unbranched alkanes of at least 4 members (excludes halogenated alkanes) is 38. The van der Waals surface area contributed by atoms with Crippen molar-refractivity contribution in [3.05, 3.63) is 24.3 Å². The van der Waals surface area contributed by atoms with Crippen LogP contribution < -0.4 is 0 Å². The van der Waals surface area contributed by atoms with Crippen LogP contribution in [0.5, 0.6) is 0 Å². The highest BCUT2D eigenvalue weighted by atomic mass is 16.6. The summed E-state index contributed by atoms with van der Waals surface area (Å²) in [6, 6.07) is 0. The van der Waals surface area contributed by atoms with Gasteiger partial charge in [0, 0.05) is 19.3 Å². The van der Waals surface area contributed by atoms with Gasteiger partial charge in [0.05, 0.1) is 0 Å². The molecule has 0 aliphatic heterocycles. The van der Waals surface area contributed by atoms with Gasteiger partial charge >= 0.3 is 17.9 Å². The molecule has 0 aliphatic rings. The lowest BCUT2D eigenvalue weighted by Crippen LogP contribution is -2.30. The molecule has 382 valence electrons. The third kappa shape index (κ3) is 52.7. The zero-order valence-corrected chi connectivity index (χ0v) is 43.8. The van der Waals surface area contributed by atoms with Crippen LogP contribution in [-0.2, 0) is 28.6 Å². The highest BCUT2D eigenvalue weighted by Crippen LogP contribution is 2.17. The minimum Gasteiger partial charge on any atom is -0.462 e. The number of carbonyl (C=O) groups is 3. The van der Waals surface area contributed by atoms with E-state index in [0.717, 1.165) is 70.6 Å². The summed E-state index contributed by atoms with van der Waals surface area (Å²) in [6.45, 7) is 6.63.